The van der Waals surface area contributed by atoms with Crippen LogP contribution in [0.15, 0.2) is 0 Å². The van der Waals surface area contributed by atoms with Crippen LogP contribution < -0.4 is 5.32 Å². The van der Waals surface area contributed by atoms with Gasteiger partial charge in [-0.05, 0) is 5.92 Å². The fourth-order valence-electron chi connectivity index (χ4n) is 1.20. The number of nitrogens with zero attached hydrogens (tertiary/aromatic N) is 1. The molecule has 0 atom stereocenters. The highest BCUT2D eigenvalue weighted by Gasteiger charge is 2.35. The lowest BCUT2D eigenvalue weighted by Gasteiger charge is -2.36. The Hall–Kier alpha value is -1.26. The number of likely N-dealkylation sites (tertiary alicyclic amines) is 1. The molecule has 1 heterocycles. The summed E-state index contributed by atoms with van der Waals surface area (Å²) in [6.45, 7) is 5.32. The number of hydrogen-bond donors (Lipinski definition) is 2. The van der Waals surface area contributed by atoms with E-state index in [0.717, 1.165) is 0 Å². The van der Waals surface area contributed by atoms with Crippen molar-refractivity contribution >= 4 is 12.0 Å². The first-order valence-electron chi connectivity index (χ1n) is 4.76. The molecule has 0 aromatic carbocycles. The van der Waals surface area contributed by atoms with Crippen molar-refractivity contribution in [3.63, 3.8) is 0 Å². The van der Waals surface area contributed by atoms with Crippen molar-refractivity contribution in [2.45, 2.75) is 13.8 Å². The first kappa shape index (κ1) is 10.8. The molecule has 1 aliphatic heterocycles. The van der Waals surface area contributed by atoms with Crippen LogP contribution in [0.3, 0.4) is 0 Å². The normalized spacial score (nSPS) is 16.6. The molecular weight excluding hydrogens is 184 g/mol. The first-order valence-corrected chi connectivity index (χ1v) is 4.76. The minimum Gasteiger partial charge on any atom is -0.481 e. The van der Waals surface area contributed by atoms with E-state index in [-0.39, 0.29) is 11.9 Å². The van der Waals surface area contributed by atoms with Crippen molar-refractivity contribution in [3.05, 3.63) is 0 Å². The van der Waals surface area contributed by atoms with Crippen LogP contribution in [0.2, 0.25) is 0 Å². The number of carbonyl (C=O) groups is 2. The second-order valence-corrected chi connectivity index (χ2v) is 4.02. The molecule has 0 saturated carbocycles. The summed E-state index contributed by atoms with van der Waals surface area (Å²) in [4.78, 5) is 23.3. The molecule has 1 fully saturated rings. The summed E-state index contributed by atoms with van der Waals surface area (Å²) in [6, 6.07) is -0.156. The van der Waals surface area contributed by atoms with E-state index in [1.165, 1.54) is 4.90 Å². The Morgan fingerprint density at radius 3 is 2.50 bits per heavy atom. The third-order valence-electron chi connectivity index (χ3n) is 2.18. The van der Waals surface area contributed by atoms with Crippen LogP contribution in [-0.4, -0.2) is 41.6 Å². The molecule has 0 aromatic rings. The van der Waals surface area contributed by atoms with E-state index in [1.807, 2.05) is 13.8 Å². The fourth-order valence-corrected chi connectivity index (χ4v) is 1.20. The number of aliphatic carboxylic acids is 1. The summed E-state index contributed by atoms with van der Waals surface area (Å²) < 4.78 is 0. The number of rotatable bonds is 3. The maximum atomic E-state index is 11.3. The number of nitrogens with one attached hydrogen (secondary N) is 1. The maximum absolute atomic E-state index is 11.3. The van der Waals surface area contributed by atoms with Gasteiger partial charge in [0.05, 0.1) is 5.92 Å². The molecule has 80 valence electrons. The summed E-state index contributed by atoms with van der Waals surface area (Å²) >= 11 is 0. The number of carboxylic acids is 1. The molecule has 0 unspecified atom stereocenters. The van der Waals surface area contributed by atoms with Gasteiger partial charge in [-0.25, -0.2) is 4.79 Å². The molecule has 0 aliphatic carbocycles. The largest absolute Gasteiger partial charge is 0.481 e. The van der Waals surface area contributed by atoms with Gasteiger partial charge in [-0.15, -0.1) is 0 Å². The average molecular weight is 200 g/mol. The van der Waals surface area contributed by atoms with Crippen LogP contribution >= 0.6 is 0 Å². The molecule has 2 N–H and O–H groups in total. The Labute approximate surface area is 83.1 Å². The standard InChI is InChI=1S/C9H16N2O3/c1-6(2)3-10-9(14)11-4-7(5-11)8(12)13/h6-7H,3-5H2,1-2H3,(H,10,14)(H,12,13). The van der Waals surface area contributed by atoms with Crippen molar-refractivity contribution in [3.8, 4) is 0 Å². The summed E-state index contributed by atoms with van der Waals surface area (Å²) in [5.74, 6) is -0.784. The van der Waals surface area contributed by atoms with E-state index in [2.05, 4.69) is 5.32 Å². The van der Waals surface area contributed by atoms with Gasteiger partial charge in [0.1, 0.15) is 0 Å². The van der Waals surface area contributed by atoms with Crippen molar-refractivity contribution in [1.82, 2.24) is 10.2 Å². The van der Waals surface area contributed by atoms with Gasteiger partial charge < -0.3 is 15.3 Å². The molecule has 14 heavy (non-hydrogen) atoms. The zero-order valence-electron chi connectivity index (χ0n) is 8.49. The predicted octanol–water partition coefficient (Wildman–Crippen LogP) is 0.368. The molecule has 0 bridgehead atoms. The Morgan fingerprint density at radius 2 is 2.07 bits per heavy atom. The molecule has 0 aromatic heterocycles. The number of carbonyl (C=O) groups excluding carboxylic acids is 1. The van der Waals surface area contributed by atoms with Crippen LogP contribution in [-0.2, 0) is 4.79 Å². The van der Waals surface area contributed by atoms with Crippen LogP contribution in [0.5, 0.6) is 0 Å². The van der Waals surface area contributed by atoms with Crippen molar-refractivity contribution in [2.24, 2.45) is 11.8 Å². The third-order valence-corrected chi connectivity index (χ3v) is 2.18. The second kappa shape index (κ2) is 4.30. The molecule has 0 spiro atoms. The quantitative estimate of drug-likeness (QED) is 0.691. The molecule has 5 nitrogen and oxygen atoms in total. The highest BCUT2D eigenvalue weighted by atomic mass is 16.4. The molecule has 5 heteroatoms. The highest BCUT2D eigenvalue weighted by molar-refractivity contribution is 5.79. The van der Waals surface area contributed by atoms with Crippen molar-refractivity contribution < 1.29 is 14.7 Å². The molecule has 2 amide bonds. The summed E-state index contributed by atoms with van der Waals surface area (Å²) in [7, 11) is 0. The molecule has 1 aliphatic rings. The first-order chi connectivity index (χ1) is 6.50. The summed E-state index contributed by atoms with van der Waals surface area (Å²) in [5, 5.41) is 11.3. The zero-order valence-corrected chi connectivity index (χ0v) is 8.49. The predicted molar refractivity (Wildman–Crippen MR) is 50.9 cm³/mol. The van der Waals surface area contributed by atoms with Gasteiger partial charge in [0.15, 0.2) is 0 Å². The van der Waals surface area contributed by atoms with Crippen LogP contribution in [0.4, 0.5) is 4.79 Å². The van der Waals surface area contributed by atoms with Crippen LogP contribution in [0, 0.1) is 11.8 Å². The zero-order chi connectivity index (χ0) is 10.7. The van der Waals surface area contributed by atoms with Crippen molar-refractivity contribution in [2.75, 3.05) is 19.6 Å². The van der Waals surface area contributed by atoms with Gasteiger partial charge in [0.2, 0.25) is 0 Å². The second-order valence-electron chi connectivity index (χ2n) is 4.02. The van der Waals surface area contributed by atoms with E-state index in [0.29, 0.717) is 25.6 Å². The molecular formula is C9H16N2O3. The maximum Gasteiger partial charge on any atom is 0.317 e. The van der Waals surface area contributed by atoms with Crippen LogP contribution in [0.1, 0.15) is 13.8 Å². The minimum atomic E-state index is -0.821. The Balaban J connectivity index is 2.19. The average Bonchev–Trinajstić information content (AvgIpc) is 1.97. The van der Waals surface area contributed by atoms with Crippen molar-refractivity contribution in [1.29, 1.82) is 0 Å². The topological polar surface area (TPSA) is 69.6 Å². The highest BCUT2D eigenvalue weighted by Crippen LogP contribution is 2.15. The summed E-state index contributed by atoms with van der Waals surface area (Å²) in [6.07, 6.45) is 0. The molecule has 1 saturated heterocycles. The Bertz CT molecular complexity index is 234. The number of hydrogen-bond acceptors (Lipinski definition) is 2. The lowest BCUT2D eigenvalue weighted by molar-refractivity contribution is -0.146. The number of urea groups is 1. The van der Waals surface area contributed by atoms with Crippen LogP contribution in [0.25, 0.3) is 0 Å². The number of carboxylic acid groups (broad SMARTS) is 1. The van der Waals surface area contributed by atoms with E-state index in [9.17, 15) is 9.59 Å². The van der Waals surface area contributed by atoms with Gasteiger partial charge in [0.25, 0.3) is 0 Å². The van der Waals surface area contributed by atoms with Gasteiger partial charge in [0, 0.05) is 19.6 Å². The Morgan fingerprint density at radius 1 is 1.50 bits per heavy atom. The van der Waals surface area contributed by atoms with Gasteiger partial charge in [-0.1, -0.05) is 13.8 Å². The smallest absolute Gasteiger partial charge is 0.317 e. The van der Waals surface area contributed by atoms with E-state index in [1.54, 1.807) is 0 Å². The SMILES string of the molecule is CC(C)CNC(=O)N1CC(C(=O)O)C1. The van der Waals surface area contributed by atoms with E-state index >= 15 is 0 Å². The monoisotopic (exact) mass is 200 g/mol. The lowest BCUT2D eigenvalue weighted by atomic mass is 10.0. The molecule has 1 rings (SSSR count). The summed E-state index contributed by atoms with van der Waals surface area (Å²) in [5.41, 5.74) is 0. The van der Waals surface area contributed by atoms with E-state index < -0.39 is 5.97 Å². The minimum absolute atomic E-state index is 0.156. The fraction of sp³-hybridized carbons (Fsp3) is 0.778. The van der Waals surface area contributed by atoms with E-state index in [4.69, 9.17) is 5.11 Å². The third kappa shape index (κ3) is 2.61. The lowest BCUT2D eigenvalue weighted by Crippen LogP contribution is -2.56. The Kier molecular flexibility index (Phi) is 3.33. The number of amides is 2. The van der Waals surface area contributed by atoms with Gasteiger partial charge in [-0.2, -0.15) is 0 Å². The van der Waals surface area contributed by atoms with Gasteiger partial charge >= 0.3 is 12.0 Å². The van der Waals surface area contributed by atoms with Gasteiger partial charge in [-0.3, -0.25) is 4.79 Å². The molecule has 0 radical (unpaired) electrons.